The molecule has 0 spiro atoms. The van der Waals surface area contributed by atoms with Crippen molar-refractivity contribution < 1.29 is 14.2 Å². The molecule has 2 aliphatic rings. The van der Waals surface area contributed by atoms with Crippen molar-refractivity contribution in [3.8, 4) is 17.2 Å². The van der Waals surface area contributed by atoms with Crippen LogP contribution < -0.4 is 19.5 Å². The Kier molecular flexibility index (Phi) is 2.36. The molecule has 0 saturated carbocycles. The number of fused-ring (bicyclic) bond motifs is 1. The summed E-state index contributed by atoms with van der Waals surface area (Å²) in [4.78, 5) is 0. The van der Waals surface area contributed by atoms with E-state index in [1.165, 1.54) is 5.56 Å². The molecule has 2 heterocycles. The van der Waals surface area contributed by atoms with E-state index >= 15 is 0 Å². The highest BCUT2D eigenvalue weighted by molar-refractivity contribution is 5.55. The number of benzene rings is 1. The van der Waals surface area contributed by atoms with Gasteiger partial charge in [0.2, 0.25) is 12.5 Å². The molecule has 1 fully saturated rings. The summed E-state index contributed by atoms with van der Waals surface area (Å²) in [6, 6.07) is 4.11. The maximum atomic E-state index is 5.40. The lowest BCUT2D eigenvalue weighted by molar-refractivity contribution is 0.171. The number of methoxy groups -OCH3 is 1. The van der Waals surface area contributed by atoms with Crippen molar-refractivity contribution in [3.05, 3.63) is 17.7 Å². The van der Waals surface area contributed by atoms with Gasteiger partial charge in [-0.1, -0.05) is 0 Å². The zero-order chi connectivity index (χ0) is 11.0. The molecule has 16 heavy (non-hydrogen) atoms. The van der Waals surface area contributed by atoms with Crippen LogP contribution in [-0.2, 0) is 6.42 Å². The van der Waals surface area contributed by atoms with Gasteiger partial charge < -0.3 is 19.5 Å². The molecule has 1 N–H and O–H groups in total. The molecule has 86 valence electrons. The van der Waals surface area contributed by atoms with E-state index in [0.717, 1.165) is 42.7 Å². The third kappa shape index (κ3) is 1.59. The second kappa shape index (κ2) is 3.87. The fourth-order valence-corrected chi connectivity index (χ4v) is 2.13. The van der Waals surface area contributed by atoms with E-state index in [1.807, 2.05) is 6.07 Å². The highest BCUT2D eigenvalue weighted by Gasteiger charge is 2.22. The summed E-state index contributed by atoms with van der Waals surface area (Å²) in [5.41, 5.74) is 1.26. The van der Waals surface area contributed by atoms with E-state index in [9.17, 15) is 0 Å². The Morgan fingerprint density at radius 1 is 1.38 bits per heavy atom. The van der Waals surface area contributed by atoms with E-state index in [1.54, 1.807) is 7.11 Å². The predicted molar refractivity (Wildman–Crippen MR) is 59.2 cm³/mol. The first-order valence-corrected chi connectivity index (χ1v) is 5.54. The Balaban J connectivity index is 1.87. The summed E-state index contributed by atoms with van der Waals surface area (Å²) in [6.45, 7) is 2.51. The van der Waals surface area contributed by atoms with Gasteiger partial charge in [0.05, 0.1) is 7.11 Å². The quantitative estimate of drug-likeness (QED) is 0.832. The van der Waals surface area contributed by atoms with Gasteiger partial charge in [-0.15, -0.1) is 0 Å². The van der Waals surface area contributed by atoms with Gasteiger partial charge in [0, 0.05) is 0 Å². The first-order valence-electron chi connectivity index (χ1n) is 5.54. The van der Waals surface area contributed by atoms with Crippen molar-refractivity contribution in [2.45, 2.75) is 6.42 Å². The van der Waals surface area contributed by atoms with Crippen LogP contribution in [0.15, 0.2) is 12.1 Å². The zero-order valence-corrected chi connectivity index (χ0v) is 9.29. The monoisotopic (exact) mass is 221 g/mol. The molecule has 0 radical (unpaired) electrons. The molecule has 0 amide bonds. The fraction of sp³-hybridized carbons (Fsp3) is 0.500. The topological polar surface area (TPSA) is 39.7 Å². The van der Waals surface area contributed by atoms with E-state index in [4.69, 9.17) is 14.2 Å². The molecule has 0 aliphatic carbocycles. The highest BCUT2D eigenvalue weighted by Crippen LogP contribution is 2.42. The maximum absolute atomic E-state index is 5.40. The molecule has 0 aromatic heterocycles. The Morgan fingerprint density at radius 2 is 2.25 bits per heavy atom. The highest BCUT2D eigenvalue weighted by atomic mass is 16.7. The van der Waals surface area contributed by atoms with Crippen molar-refractivity contribution in [1.82, 2.24) is 5.32 Å². The molecular weight excluding hydrogens is 206 g/mol. The van der Waals surface area contributed by atoms with Crippen molar-refractivity contribution in [3.63, 3.8) is 0 Å². The van der Waals surface area contributed by atoms with Crippen LogP contribution in [0.3, 0.4) is 0 Å². The third-order valence-electron chi connectivity index (χ3n) is 3.11. The molecule has 0 unspecified atom stereocenters. The van der Waals surface area contributed by atoms with Crippen molar-refractivity contribution in [1.29, 1.82) is 0 Å². The Bertz CT molecular complexity index is 401. The van der Waals surface area contributed by atoms with Gasteiger partial charge in [0.15, 0.2) is 11.5 Å². The number of rotatable bonds is 3. The lowest BCUT2D eigenvalue weighted by Crippen LogP contribution is -2.43. The molecule has 2 aliphatic heterocycles. The van der Waals surface area contributed by atoms with Crippen LogP contribution in [0, 0.1) is 5.92 Å². The lowest BCUT2D eigenvalue weighted by atomic mass is 9.94. The van der Waals surface area contributed by atoms with Crippen LogP contribution in [0.25, 0.3) is 0 Å². The first kappa shape index (κ1) is 9.78. The average molecular weight is 221 g/mol. The van der Waals surface area contributed by atoms with Gasteiger partial charge in [-0.2, -0.15) is 0 Å². The zero-order valence-electron chi connectivity index (χ0n) is 9.29. The number of hydrogen-bond acceptors (Lipinski definition) is 4. The second-order valence-corrected chi connectivity index (χ2v) is 4.26. The summed E-state index contributed by atoms with van der Waals surface area (Å²) in [6.07, 6.45) is 1.07. The largest absolute Gasteiger partial charge is 0.493 e. The van der Waals surface area contributed by atoms with Crippen molar-refractivity contribution in [2.24, 2.45) is 5.92 Å². The van der Waals surface area contributed by atoms with E-state index < -0.39 is 0 Å². The number of nitrogens with one attached hydrogen (secondary N) is 1. The minimum Gasteiger partial charge on any atom is -0.493 e. The summed E-state index contributed by atoms with van der Waals surface area (Å²) >= 11 is 0. The van der Waals surface area contributed by atoms with E-state index in [2.05, 4.69) is 11.4 Å². The summed E-state index contributed by atoms with van der Waals surface area (Å²) < 4.78 is 16.1. The molecule has 1 aromatic carbocycles. The summed E-state index contributed by atoms with van der Waals surface area (Å²) in [5, 5.41) is 3.28. The van der Waals surface area contributed by atoms with Crippen LogP contribution in [0.5, 0.6) is 17.2 Å². The molecule has 3 rings (SSSR count). The van der Waals surface area contributed by atoms with Crippen LogP contribution in [-0.4, -0.2) is 27.0 Å². The molecule has 1 saturated heterocycles. The summed E-state index contributed by atoms with van der Waals surface area (Å²) in [7, 11) is 1.66. The Labute approximate surface area is 94.5 Å². The van der Waals surface area contributed by atoms with Gasteiger partial charge in [-0.3, -0.25) is 0 Å². The standard InChI is InChI=1S/C12H15NO3/c1-14-10-3-8(2-9-5-13-6-9)4-11-12(10)16-7-15-11/h3-4,9,13H,2,5-7H2,1H3. The van der Waals surface area contributed by atoms with E-state index in [0.29, 0.717) is 6.79 Å². The van der Waals surface area contributed by atoms with Crippen LogP contribution in [0.2, 0.25) is 0 Å². The van der Waals surface area contributed by atoms with Crippen LogP contribution in [0.1, 0.15) is 5.56 Å². The smallest absolute Gasteiger partial charge is 0.231 e. The molecule has 4 nitrogen and oxygen atoms in total. The minimum absolute atomic E-state index is 0.292. The normalized spacial score (nSPS) is 18.3. The Morgan fingerprint density at radius 3 is 2.94 bits per heavy atom. The van der Waals surface area contributed by atoms with Crippen molar-refractivity contribution >= 4 is 0 Å². The van der Waals surface area contributed by atoms with Gasteiger partial charge in [-0.05, 0) is 43.1 Å². The van der Waals surface area contributed by atoms with Gasteiger partial charge in [0.25, 0.3) is 0 Å². The first-order chi connectivity index (χ1) is 7.86. The summed E-state index contributed by atoms with van der Waals surface area (Å²) in [5.74, 6) is 3.06. The predicted octanol–water partition coefficient (Wildman–Crippen LogP) is 1.19. The molecule has 0 atom stereocenters. The van der Waals surface area contributed by atoms with Crippen molar-refractivity contribution in [2.75, 3.05) is 27.0 Å². The van der Waals surface area contributed by atoms with Crippen LogP contribution >= 0.6 is 0 Å². The van der Waals surface area contributed by atoms with Gasteiger partial charge in [0.1, 0.15) is 0 Å². The average Bonchev–Trinajstić information content (AvgIpc) is 2.70. The number of ether oxygens (including phenoxy) is 3. The molecule has 0 bridgehead atoms. The third-order valence-corrected chi connectivity index (χ3v) is 3.11. The molecule has 1 aromatic rings. The van der Waals surface area contributed by atoms with E-state index in [-0.39, 0.29) is 0 Å². The van der Waals surface area contributed by atoms with Crippen LogP contribution in [0.4, 0.5) is 0 Å². The molecule has 4 heteroatoms. The maximum Gasteiger partial charge on any atom is 0.231 e. The van der Waals surface area contributed by atoms with Gasteiger partial charge >= 0.3 is 0 Å². The number of hydrogen-bond donors (Lipinski definition) is 1. The minimum atomic E-state index is 0.292. The SMILES string of the molecule is COc1cc(CC2CNC2)cc2c1OCO2. The van der Waals surface area contributed by atoms with Gasteiger partial charge in [-0.25, -0.2) is 0 Å². The lowest BCUT2D eigenvalue weighted by Gasteiger charge is -2.27. The Hall–Kier alpha value is -1.42. The second-order valence-electron chi connectivity index (χ2n) is 4.26. The molecular formula is C12H15NO3. The fourth-order valence-electron chi connectivity index (χ4n) is 2.13.